The molecular formula is C16H28N2O. The summed E-state index contributed by atoms with van der Waals surface area (Å²) in [5.74, 6) is 2.11. The summed E-state index contributed by atoms with van der Waals surface area (Å²) in [5, 5.41) is 3.69. The number of hydrogen-bond donors (Lipinski definition) is 1. The highest BCUT2D eigenvalue weighted by atomic mass is 16.3. The zero-order valence-electron chi connectivity index (χ0n) is 12.8. The summed E-state index contributed by atoms with van der Waals surface area (Å²) >= 11 is 0. The molecule has 1 saturated heterocycles. The summed E-state index contributed by atoms with van der Waals surface area (Å²) < 4.78 is 5.82. The van der Waals surface area contributed by atoms with Crippen LogP contribution in [0.2, 0.25) is 0 Å². The van der Waals surface area contributed by atoms with Gasteiger partial charge in [-0.25, -0.2) is 0 Å². The predicted octanol–water partition coefficient (Wildman–Crippen LogP) is 3.50. The van der Waals surface area contributed by atoms with Crippen molar-refractivity contribution in [2.75, 3.05) is 13.1 Å². The highest BCUT2D eigenvalue weighted by Crippen LogP contribution is 2.27. The van der Waals surface area contributed by atoms with Crippen molar-refractivity contribution in [3.63, 3.8) is 0 Å². The van der Waals surface area contributed by atoms with Gasteiger partial charge in [0.2, 0.25) is 0 Å². The van der Waals surface area contributed by atoms with Crippen molar-refractivity contribution in [3.8, 4) is 0 Å². The molecule has 0 aromatic carbocycles. The smallest absolute Gasteiger partial charge is 0.121 e. The Kier molecular flexibility index (Phi) is 5.06. The SMILES string of the molecule is CCCC1CN(C(C)c2ccc(C)o2)C(CC)CN1. The van der Waals surface area contributed by atoms with Gasteiger partial charge in [0.25, 0.3) is 0 Å². The van der Waals surface area contributed by atoms with Crippen LogP contribution in [0.4, 0.5) is 0 Å². The molecule has 0 saturated carbocycles. The van der Waals surface area contributed by atoms with Crippen molar-refractivity contribution in [2.45, 2.75) is 65.1 Å². The van der Waals surface area contributed by atoms with Crippen molar-refractivity contribution in [1.82, 2.24) is 10.2 Å². The molecule has 19 heavy (non-hydrogen) atoms. The Bertz CT molecular complexity index is 388. The summed E-state index contributed by atoms with van der Waals surface area (Å²) in [6, 6.07) is 5.82. The van der Waals surface area contributed by atoms with E-state index in [1.54, 1.807) is 0 Å². The molecule has 1 aromatic heterocycles. The van der Waals surface area contributed by atoms with Crippen molar-refractivity contribution in [1.29, 1.82) is 0 Å². The first-order valence-electron chi connectivity index (χ1n) is 7.71. The normalized spacial score (nSPS) is 26.5. The summed E-state index contributed by atoms with van der Waals surface area (Å²) in [6.07, 6.45) is 3.70. The van der Waals surface area contributed by atoms with E-state index in [0.717, 1.165) is 24.6 Å². The third-order valence-corrected chi connectivity index (χ3v) is 4.32. The Morgan fingerprint density at radius 3 is 2.79 bits per heavy atom. The Morgan fingerprint density at radius 2 is 2.21 bits per heavy atom. The molecule has 3 nitrogen and oxygen atoms in total. The van der Waals surface area contributed by atoms with Gasteiger partial charge in [0.05, 0.1) is 6.04 Å². The first-order valence-corrected chi connectivity index (χ1v) is 7.71. The molecule has 3 unspecified atom stereocenters. The molecule has 1 aromatic rings. The molecule has 108 valence electrons. The van der Waals surface area contributed by atoms with Crippen LogP contribution in [0.25, 0.3) is 0 Å². The van der Waals surface area contributed by atoms with Gasteiger partial charge in [-0.05, 0) is 38.8 Å². The lowest BCUT2D eigenvalue weighted by molar-refractivity contribution is 0.0732. The molecule has 3 atom stereocenters. The van der Waals surface area contributed by atoms with E-state index in [1.165, 1.54) is 19.3 Å². The molecule has 1 fully saturated rings. The minimum Gasteiger partial charge on any atom is -0.465 e. The van der Waals surface area contributed by atoms with Gasteiger partial charge in [-0.2, -0.15) is 0 Å². The molecular weight excluding hydrogens is 236 g/mol. The topological polar surface area (TPSA) is 28.4 Å². The fourth-order valence-electron chi connectivity index (χ4n) is 3.12. The Labute approximate surface area is 117 Å². The average Bonchev–Trinajstić information content (AvgIpc) is 2.85. The van der Waals surface area contributed by atoms with Gasteiger partial charge in [0, 0.05) is 25.2 Å². The van der Waals surface area contributed by atoms with Crippen LogP contribution in [0.3, 0.4) is 0 Å². The largest absolute Gasteiger partial charge is 0.465 e. The molecule has 1 aliphatic heterocycles. The maximum atomic E-state index is 5.82. The van der Waals surface area contributed by atoms with Gasteiger partial charge in [-0.1, -0.05) is 20.3 Å². The number of hydrogen-bond acceptors (Lipinski definition) is 3. The quantitative estimate of drug-likeness (QED) is 0.882. The first-order chi connectivity index (χ1) is 9.15. The van der Waals surface area contributed by atoms with Crippen LogP contribution in [0.5, 0.6) is 0 Å². The van der Waals surface area contributed by atoms with Crippen molar-refractivity contribution >= 4 is 0 Å². The van der Waals surface area contributed by atoms with Gasteiger partial charge >= 0.3 is 0 Å². The van der Waals surface area contributed by atoms with E-state index < -0.39 is 0 Å². The van der Waals surface area contributed by atoms with Gasteiger partial charge in [0.1, 0.15) is 11.5 Å². The minimum atomic E-state index is 0.375. The molecule has 3 heteroatoms. The van der Waals surface area contributed by atoms with E-state index in [0.29, 0.717) is 18.1 Å². The van der Waals surface area contributed by atoms with Crippen LogP contribution < -0.4 is 5.32 Å². The van der Waals surface area contributed by atoms with E-state index in [4.69, 9.17) is 4.42 Å². The third kappa shape index (κ3) is 3.40. The molecule has 0 aliphatic carbocycles. The van der Waals surface area contributed by atoms with Gasteiger partial charge in [-0.3, -0.25) is 4.90 Å². The molecule has 0 amide bonds. The lowest BCUT2D eigenvalue weighted by Gasteiger charge is -2.43. The van der Waals surface area contributed by atoms with Crippen LogP contribution in [0.15, 0.2) is 16.5 Å². The zero-order valence-corrected chi connectivity index (χ0v) is 12.8. The number of aryl methyl sites for hydroxylation is 1. The predicted molar refractivity (Wildman–Crippen MR) is 79.3 cm³/mol. The Hall–Kier alpha value is -0.800. The maximum absolute atomic E-state index is 5.82. The van der Waals surface area contributed by atoms with E-state index in [9.17, 15) is 0 Å². The zero-order chi connectivity index (χ0) is 13.8. The van der Waals surface area contributed by atoms with E-state index in [2.05, 4.69) is 43.1 Å². The molecule has 2 heterocycles. The van der Waals surface area contributed by atoms with E-state index in [1.807, 2.05) is 6.92 Å². The van der Waals surface area contributed by atoms with E-state index in [-0.39, 0.29) is 0 Å². The van der Waals surface area contributed by atoms with Gasteiger partial charge in [0.15, 0.2) is 0 Å². The van der Waals surface area contributed by atoms with Crippen LogP contribution in [0.1, 0.15) is 57.6 Å². The number of nitrogens with one attached hydrogen (secondary N) is 1. The fourth-order valence-corrected chi connectivity index (χ4v) is 3.12. The highest BCUT2D eigenvalue weighted by Gasteiger charge is 2.31. The van der Waals surface area contributed by atoms with Crippen LogP contribution in [0, 0.1) is 6.92 Å². The molecule has 1 N–H and O–H groups in total. The third-order valence-electron chi connectivity index (χ3n) is 4.32. The average molecular weight is 264 g/mol. The number of rotatable bonds is 5. The van der Waals surface area contributed by atoms with Gasteiger partial charge < -0.3 is 9.73 Å². The second-order valence-corrected chi connectivity index (χ2v) is 5.78. The summed E-state index contributed by atoms with van der Waals surface area (Å²) in [7, 11) is 0. The fraction of sp³-hybridized carbons (Fsp3) is 0.750. The summed E-state index contributed by atoms with van der Waals surface area (Å²) in [4.78, 5) is 2.62. The minimum absolute atomic E-state index is 0.375. The lowest BCUT2D eigenvalue weighted by atomic mass is 10.0. The summed E-state index contributed by atoms with van der Waals surface area (Å²) in [5.41, 5.74) is 0. The monoisotopic (exact) mass is 264 g/mol. The molecule has 1 aliphatic rings. The molecule has 0 spiro atoms. The van der Waals surface area contributed by atoms with Crippen molar-refractivity contribution in [2.24, 2.45) is 0 Å². The van der Waals surface area contributed by atoms with Crippen LogP contribution >= 0.6 is 0 Å². The summed E-state index contributed by atoms with van der Waals surface area (Å²) in [6.45, 7) is 11.1. The standard InChI is InChI=1S/C16H28N2O/c1-5-7-14-11-18(15(6-2)10-17-14)13(4)16-9-8-12(3)19-16/h8-9,13-15,17H,5-7,10-11H2,1-4H3. The Morgan fingerprint density at radius 1 is 1.42 bits per heavy atom. The number of piperazine rings is 1. The number of furan rings is 1. The van der Waals surface area contributed by atoms with Gasteiger partial charge in [-0.15, -0.1) is 0 Å². The first kappa shape index (κ1) is 14.6. The van der Waals surface area contributed by atoms with Crippen molar-refractivity contribution in [3.05, 3.63) is 23.7 Å². The molecule has 0 bridgehead atoms. The molecule has 0 radical (unpaired) electrons. The van der Waals surface area contributed by atoms with E-state index >= 15 is 0 Å². The molecule has 2 rings (SSSR count). The second-order valence-electron chi connectivity index (χ2n) is 5.78. The highest BCUT2D eigenvalue weighted by molar-refractivity contribution is 5.10. The second kappa shape index (κ2) is 6.58. The number of nitrogens with zero attached hydrogens (tertiary/aromatic N) is 1. The maximum Gasteiger partial charge on any atom is 0.121 e. The van der Waals surface area contributed by atoms with Crippen molar-refractivity contribution < 1.29 is 4.42 Å². The Balaban J connectivity index is 2.08. The van der Waals surface area contributed by atoms with Crippen LogP contribution in [-0.2, 0) is 0 Å². The van der Waals surface area contributed by atoms with Crippen LogP contribution in [-0.4, -0.2) is 30.1 Å². The lowest BCUT2D eigenvalue weighted by Crippen LogP contribution is -2.56.